The molecule has 1 heterocycles. The Balaban J connectivity index is 1.44. The molecule has 0 amide bonds. The molecule has 92 valence electrons. The molecule has 2 aromatic rings. The van der Waals surface area contributed by atoms with Gasteiger partial charge in [-0.15, -0.1) is 0 Å². The highest BCUT2D eigenvalue weighted by atomic mass is 16.6. The van der Waals surface area contributed by atoms with Crippen LogP contribution in [0.25, 0.3) is 0 Å². The molecule has 1 saturated heterocycles. The summed E-state index contributed by atoms with van der Waals surface area (Å²) < 4.78 is 11.3. The predicted molar refractivity (Wildman–Crippen MR) is 70.2 cm³/mol. The Labute approximate surface area is 107 Å². The topological polar surface area (TPSA) is 21.8 Å². The predicted octanol–water partition coefficient (Wildman–Crippen LogP) is 3.34. The molecular formula is C16H16O2. The molecule has 1 fully saturated rings. The molecule has 0 aliphatic carbocycles. The zero-order valence-corrected chi connectivity index (χ0v) is 10.2. The Kier molecular flexibility index (Phi) is 3.40. The van der Waals surface area contributed by atoms with Gasteiger partial charge in [0.25, 0.3) is 0 Å². The molecule has 0 aromatic heterocycles. The Morgan fingerprint density at radius 1 is 0.889 bits per heavy atom. The summed E-state index contributed by atoms with van der Waals surface area (Å²) in [6, 6.07) is 20.5. The van der Waals surface area contributed by atoms with E-state index in [4.69, 9.17) is 9.47 Å². The standard InChI is InChI=1S/C16H16O2/c1-3-7-13(8-4-1)11-17-12-15-16(18-15)14-9-5-2-6-10-14/h1-10,15-16H,11-12H2/t15-,16+/m1/s1. The summed E-state index contributed by atoms with van der Waals surface area (Å²) in [6.45, 7) is 1.32. The maximum absolute atomic E-state index is 5.67. The minimum Gasteiger partial charge on any atom is -0.374 e. The van der Waals surface area contributed by atoms with Crippen molar-refractivity contribution in [2.45, 2.75) is 18.8 Å². The largest absolute Gasteiger partial charge is 0.374 e. The van der Waals surface area contributed by atoms with Crippen LogP contribution in [0.2, 0.25) is 0 Å². The lowest BCUT2D eigenvalue weighted by atomic mass is 10.1. The molecule has 1 aliphatic rings. The first kappa shape index (κ1) is 11.5. The molecule has 1 aliphatic heterocycles. The highest BCUT2D eigenvalue weighted by molar-refractivity contribution is 5.22. The summed E-state index contributed by atoms with van der Waals surface area (Å²) in [6.07, 6.45) is 0.443. The van der Waals surface area contributed by atoms with Crippen LogP contribution in [-0.4, -0.2) is 12.7 Å². The van der Waals surface area contributed by atoms with Crippen LogP contribution in [0.4, 0.5) is 0 Å². The minimum atomic E-state index is 0.219. The summed E-state index contributed by atoms with van der Waals surface area (Å²) in [5.41, 5.74) is 2.44. The van der Waals surface area contributed by atoms with Crippen LogP contribution >= 0.6 is 0 Å². The first-order valence-corrected chi connectivity index (χ1v) is 6.25. The lowest BCUT2D eigenvalue weighted by molar-refractivity contribution is 0.104. The average molecular weight is 240 g/mol. The number of rotatable bonds is 5. The third-order valence-corrected chi connectivity index (χ3v) is 3.10. The smallest absolute Gasteiger partial charge is 0.112 e. The highest BCUT2D eigenvalue weighted by Crippen LogP contribution is 2.38. The third-order valence-electron chi connectivity index (χ3n) is 3.10. The van der Waals surface area contributed by atoms with Gasteiger partial charge in [0.15, 0.2) is 0 Å². The quantitative estimate of drug-likeness (QED) is 0.748. The van der Waals surface area contributed by atoms with Crippen LogP contribution in [0, 0.1) is 0 Å². The normalized spacial score (nSPS) is 21.8. The van der Waals surface area contributed by atoms with E-state index in [1.54, 1.807) is 0 Å². The molecule has 0 unspecified atom stereocenters. The van der Waals surface area contributed by atoms with Crippen molar-refractivity contribution in [2.24, 2.45) is 0 Å². The lowest BCUT2D eigenvalue weighted by Gasteiger charge is -2.01. The van der Waals surface area contributed by atoms with Gasteiger partial charge in [-0.1, -0.05) is 60.7 Å². The van der Waals surface area contributed by atoms with E-state index >= 15 is 0 Å². The Morgan fingerprint density at radius 3 is 2.28 bits per heavy atom. The van der Waals surface area contributed by atoms with Crippen molar-refractivity contribution in [2.75, 3.05) is 6.61 Å². The van der Waals surface area contributed by atoms with Gasteiger partial charge >= 0.3 is 0 Å². The van der Waals surface area contributed by atoms with Crippen molar-refractivity contribution in [3.8, 4) is 0 Å². The summed E-state index contributed by atoms with van der Waals surface area (Å²) in [5.74, 6) is 0. The molecule has 2 heteroatoms. The monoisotopic (exact) mass is 240 g/mol. The lowest BCUT2D eigenvalue weighted by Crippen LogP contribution is -2.02. The van der Waals surface area contributed by atoms with E-state index < -0.39 is 0 Å². The molecule has 3 rings (SSSR count). The van der Waals surface area contributed by atoms with E-state index in [-0.39, 0.29) is 12.2 Å². The Bertz CT molecular complexity index is 481. The van der Waals surface area contributed by atoms with Gasteiger partial charge in [0.1, 0.15) is 12.2 Å². The molecule has 0 N–H and O–H groups in total. The Hall–Kier alpha value is -1.64. The van der Waals surface area contributed by atoms with Gasteiger partial charge in [-0.2, -0.15) is 0 Å². The molecule has 2 atom stereocenters. The first-order chi connectivity index (χ1) is 8.93. The van der Waals surface area contributed by atoms with E-state index in [9.17, 15) is 0 Å². The molecule has 18 heavy (non-hydrogen) atoms. The maximum Gasteiger partial charge on any atom is 0.112 e. The molecule has 0 saturated carbocycles. The van der Waals surface area contributed by atoms with Crippen molar-refractivity contribution in [3.05, 3.63) is 71.8 Å². The van der Waals surface area contributed by atoms with Crippen LogP contribution in [0.3, 0.4) is 0 Å². The van der Waals surface area contributed by atoms with E-state index in [1.165, 1.54) is 11.1 Å². The zero-order valence-electron chi connectivity index (χ0n) is 10.2. The van der Waals surface area contributed by atoms with Gasteiger partial charge in [0.2, 0.25) is 0 Å². The van der Waals surface area contributed by atoms with Crippen LogP contribution in [0.1, 0.15) is 17.2 Å². The van der Waals surface area contributed by atoms with E-state index in [1.807, 2.05) is 36.4 Å². The fourth-order valence-corrected chi connectivity index (χ4v) is 2.07. The van der Waals surface area contributed by atoms with Crippen LogP contribution in [0.15, 0.2) is 60.7 Å². The summed E-state index contributed by atoms with van der Waals surface area (Å²) in [5, 5.41) is 0. The third kappa shape index (κ3) is 2.78. The fourth-order valence-electron chi connectivity index (χ4n) is 2.07. The minimum absolute atomic E-state index is 0.219. The van der Waals surface area contributed by atoms with Crippen LogP contribution in [0.5, 0.6) is 0 Å². The van der Waals surface area contributed by atoms with E-state index in [0.29, 0.717) is 13.2 Å². The van der Waals surface area contributed by atoms with Crippen LogP contribution in [-0.2, 0) is 16.1 Å². The van der Waals surface area contributed by atoms with Gasteiger partial charge in [-0.3, -0.25) is 0 Å². The summed E-state index contributed by atoms with van der Waals surface area (Å²) in [4.78, 5) is 0. The number of hydrogen-bond acceptors (Lipinski definition) is 2. The van der Waals surface area contributed by atoms with Crippen LogP contribution < -0.4 is 0 Å². The fraction of sp³-hybridized carbons (Fsp3) is 0.250. The van der Waals surface area contributed by atoms with Gasteiger partial charge in [-0.05, 0) is 11.1 Å². The molecule has 0 bridgehead atoms. The Morgan fingerprint density at radius 2 is 1.56 bits per heavy atom. The molecule has 2 aromatic carbocycles. The average Bonchev–Trinajstić information content (AvgIpc) is 3.21. The second kappa shape index (κ2) is 5.34. The zero-order chi connectivity index (χ0) is 12.2. The SMILES string of the molecule is c1ccc(COC[C@H]2O[C@H]2c2ccccc2)cc1. The van der Waals surface area contributed by atoms with Gasteiger partial charge < -0.3 is 9.47 Å². The molecule has 0 radical (unpaired) electrons. The maximum atomic E-state index is 5.67. The molecule has 2 nitrogen and oxygen atoms in total. The van der Waals surface area contributed by atoms with Crippen molar-refractivity contribution >= 4 is 0 Å². The molecular weight excluding hydrogens is 224 g/mol. The van der Waals surface area contributed by atoms with E-state index in [0.717, 1.165) is 0 Å². The summed E-state index contributed by atoms with van der Waals surface area (Å²) in [7, 11) is 0. The number of epoxide rings is 1. The van der Waals surface area contributed by atoms with Crippen molar-refractivity contribution < 1.29 is 9.47 Å². The van der Waals surface area contributed by atoms with Crippen molar-refractivity contribution in [1.29, 1.82) is 0 Å². The molecule has 0 spiro atoms. The van der Waals surface area contributed by atoms with Gasteiger partial charge in [0.05, 0.1) is 13.2 Å². The number of hydrogen-bond donors (Lipinski definition) is 0. The second-order valence-corrected chi connectivity index (χ2v) is 4.51. The van der Waals surface area contributed by atoms with Crippen molar-refractivity contribution in [1.82, 2.24) is 0 Å². The number of ether oxygens (including phenoxy) is 2. The highest BCUT2D eigenvalue weighted by Gasteiger charge is 2.39. The second-order valence-electron chi connectivity index (χ2n) is 4.51. The van der Waals surface area contributed by atoms with Gasteiger partial charge in [0, 0.05) is 0 Å². The first-order valence-electron chi connectivity index (χ1n) is 6.25. The van der Waals surface area contributed by atoms with Gasteiger partial charge in [-0.25, -0.2) is 0 Å². The van der Waals surface area contributed by atoms with Crippen molar-refractivity contribution in [3.63, 3.8) is 0 Å². The summed E-state index contributed by atoms with van der Waals surface area (Å²) >= 11 is 0. The number of benzene rings is 2. The van der Waals surface area contributed by atoms with E-state index in [2.05, 4.69) is 24.3 Å².